The van der Waals surface area contributed by atoms with Crippen LogP contribution >= 0.6 is 11.6 Å². The van der Waals surface area contributed by atoms with Gasteiger partial charge < -0.3 is 10.5 Å². The first kappa shape index (κ1) is 12.5. The molecule has 0 saturated carbocycles. The number of hydrogen-bond donors (Lipinski definition) is 1. The second-order valence-electron chi connectivity index (χ2n) is 4.40. The van der Waals surface area contributed by atoms with E-state index >= 15 is 0 Å². The average Bonchev–Trinajstić information content (AvgIpc) is 2.36. The van der Waals surface area contributed by atoms with Gasteiger partial charge >= 0.3 is 0 Å². The van der Waals surface area contributed by atoms with E-state index in [1.54, 1.807) is 6.07 Å². The zero-order valence-corrected chi connectivity index (χ0v) is 10.7. The van der Waals surface area contributed by atoms with E-state index in [0.717, 1.165) is 6.54 Å². The normalized spacial score (nSPS) is 17.0. The second-order valence-corrected chi connectivity index (χ2v) is 4.81. The lowest BCUT2D eigenvalue weighted by molar-refractivity contribution is 0.184. The summed E-state index contributed by atoms with van der Waals surface area (Å²) >= 11 is 5.93. The molecule has 17 heavy (non-hydrogen) atoms. The quantitative estimate of drug-likeness (QED) is 0.840. The molecule has 0 bridgehead atoms. The van der Waals surface area contributed by atoms with Crippen molar-refractivity contribution in [2.75, 3.05) is 32.0 Å². The van der Waals surface area contributed by atoms with Crippen LogP contribution in [0.1, 0.15) is 19.3 Å². The Kier molecular flexibility index (Phi) is 4.51. The Bertz CT molecular complexity index is 364. The number of nitrogens with two attached hydrogens (primary N) is 1. The second kappa shape index (κ2) is 6.12. The highest BCUT2D eigenvalue weighted by Crippen LogP contribution is 2.28. The molecule has 0 amide bonds. The smallest absolute Gasteiger partial charge is 0.143 e. The van der Waals surface area contributed by atoms with Gasteiger partial charge in [-0.1, -0.05) is 24.1 Å². The number of piperidine rings is 1. The Hall–Kier alpha value is -0.930. The molecule has 0 unspecified atom stereocenters. The van der Waals surface area contributed by atoms with Crippen molar-refractivity contribution in [3.8, 4) is 5.75 Å². The molecule has 94 valence electrons. The van der Waals surface area contributed by atoms with Gasteiger partial charge in [-0.2, -0.15) is 0 Å². The molecule has 0 aromatic heterocycles. The summed E-state index contributed by atoms with van der Waals surface area (Å²) in [6.07, 6.45) is 3.97. The fourth-order valence-electron chi connectivity index (χ4n) is 2.11. The number of halogens is 1. The zero-order valence-electron chi connectivity index (χ0n) is 9.99. The lowest BCUT2D eigenvalue weighted by atomic mass is 10.1. The predicted octanol–water partition coefficient (Wildman–Crippen LogP) is 2.79. The van der Waals surface area contributed by atoms with Crippen molar-refractivity contribution < 1.29 is 4.74 Å². The number of nitrogen functional groups attached to an aromatic ring is 1. The summed E-state index contributed by atoms with van der Waals surface area (Å²) < 4.78 is 5.67. The molecule has 1 saturated heterocycles. The van der Waals surface area contributed by atoms with Gasteiger partial charge in [0.25, 0.3) is 0 Å². The molecule has 0 atom stereocenters. The number of ether oxygens (including phenoxy) is 1. The van der Waals surface area contributed by atoms with E-state index in [1.807, 2.05) is 12.1 Å². The summed E-state index contributed by atoms with van der Waals surface area (Å²) in [5.74, 6) is 0.689. The van der Waals surface area contributed by atoms with Crippen molar-refractivity contribution in [1.29, 1.82) is 0 Å². The number of anilines is 1. The van der Waals surface area contributed by atoms with Gasteiger partial charge in [0.2, 0.25) is 0 Å². The molecule has 0 aliphatic carbocycles. The Labute approximate surface area is 107 Å². The molecule has 2 rings (SSSR count). The largest absolute Gasteiger partial charge is 0.490 e. The fourth-order valence-corrected chi connectivity index (χ4v) is 2.28. The minimum absolute atomic E-state index is 0.535. The highest BCUT2D eigenvalue weighted by Gasteiger charge is 2.10. The van der Waals surface area contributed by atoms with Crippen molar-refractivity contribution in [3.63, 3.8) is 0 Å². The van der Waals surface area contributed by atoms with Gasteiger partial charge in [0.05, 0.1) is 10.7 Å². The Balaban J connectivity index is 1.79. The van der Waals surface area contributed by atoms with Crippen LogP contribution in [0.2, 0.25) is 5.02 Å². The minimum atomic E-state index is 0.535. The summed E-state index contributed by atoms with van der Waals surface area (Å²) in [6, 6.07) is 5.49. The molecule has 1 aliphatic heterocycles. The monoisotopic (exact) mass is 254 g/mol. The first-order valence-electron chi connectivity index (χ1n) is 6.16. The van der Waals surface area contributed by atoms with Crippen molar-refractivity contribution in [3.05, 3.63) is 23.2 Å². The highest BCUT2D eigenvalue weighted by atomic mass is 35.5. The summed E-state index contributed by atoms with van der Waals surface area (Å²) in [5.41, 5.74) is 6.37. The topological polar surface area (TPSA) is 38.5 Å². The molecule has 1 fully saturated rings. The average molecular weight is 255 g/mol. The van der Waals surface area contributed by atoms with Gasteiger partial charge in [-0.15, -0.1) is 0 Å². The molecule has 1 heterocycles. The predicted molar refractivity (Wildman–Crippen MR) is 71.7 cm³/mol. The third-order valence-electron chi connectivity index (χ3n) is 3.13. The van der Waals surface area contributed by atoms with E-state index in [-0.39, 0.29) is 0 Å². The maximum Gasteiger partial charge on any atom is 0.143 e. The SMILES string of the molecule is Nc1c(Cl)cccc1OCCN1CCCCC1. The number of benzene rings is 1. The van der Waals surface area contributed by atoms with Crippen LogP contribution < -0.4 is 10.5 Å². The van der Waals surface area contributed by atoms with E-state index in [2.05, 4.69) is 4.90 Å². The molecule has 2 N–H and O–H groups in total. The molecule has 0 radical (unpaired) electrons. The van der Waals surface area contributed by atoms with Crippen LogP contribution in [-0.4, -0.2) is 31.1 Å². The minimum Gasteiger partial charge on any atom is -0.490 e. The van der Waals surface area contributed by atoms with E-state index in [4.69, 9.17) is 22.1 Å². The van der Waals surface area contributed by atoms with Crippen LogP contribution in [0.3, 0.4) is 0 Å². The van der Waals surface area contributed by atoms with E-state index < -0.39 is 0 Å². The van der Waals surface area contributed by atoms with Gasteiger partial charge in [0.15, 0.2) is 0 Å². The number of likely N-dealkylation sites (tertiary alicyclic amines) is 1. The molecule has 3 nitrogen and oxygen atoms in total. The molecule has 1 aliphatic rings. The van der Waals surface area contributed by atoms with E-state index in [0.29, 0.717) is 23.1 Å². The third-order valence-corrected chi connectivity index (χ3v) is 3.46. The molecule has 0 spiro atoms. The summed E-state index contributed by atoms with van der Waals surface area (Å²) in [7, 11) is 0. The summed E-state index contributed by atoms with van der Waals surface area (Å²) in [6.45, 7) is 4.01. The van der Waals surface area contributed by atoms with Crippen LogP contribution in [0.5, 0.6) is 5.75 Å². The molecule has 1 aromatic carbocycles. The van der Waals surface area contributed by atoms with Crippen molar-refractivity contribution in [1.82, 2.24) is 4.90 Å². The van der Waals surface area contributed by atoms with Gasteiger partial charge in [-0.3, -0.25) is 4.90 Å². The molecule has 1 aromatic rings. The van der Waals surface area contributed by atoms with Gasteiger partial charge in [0, 0.05) is 6.54 Å². The van der Waals surface area contributed by atoms with Gasteiger partial charge in [-0.05, 0) is 38.1 Å². The lowest BCUT2D eigenvalue weighted by Crippen LogP contribution is -2.33. The van der Waals surface area contributed by atoms with Crippen LogP contribution in [0, 0.1) is 0 Å². The fraction of sp³-hybridized carbons (Fsp3) is 0.538. The van der Waals surface area contributed by atoms with E-state index in [1.165, 1.54) is 32.4 Å². The maximum atomic E-state index is 5.93. The molecule has 4 heteroatoms. The van der Waals surface area contributed by atoms with Crippen LogP contribution in [0.4, 0.5) is 5.69 Å². The van der Waals surface area contributed by atoms with Gasteiger partial charge in [-0.25, -0.2) is 0 Å². The Morgan fingerprint density at radius 3 is 2.76 bits per heavy atom. The van der Waals surface area contributed by atoms with Crippen LogP contribution in [-0.2, 0) is 0 Å². The van der Waals surface area contributed by atoms with Crippen LogP contribution in [0.15, 0.2) is 18.2 Å². The standard InChI is InChI=1S/C13H19ClN2O/c14-11-5-4-6-12(13(11)15)17-10-9-16-7-2-1-3-8-16/h4-6H,1-3,7-10,15H2. The maximum absolute atomic E-state index is 5.93. The van der Waals surface area contributed by atoms with Crippen LogP contribution in [0.25, 0.3) is 0 Å². The number of para-hydroxylation sites is 1. The summed E-state index contributed by atoms with van der Waals surface area (Å²) in [5, 5.41) is 0.556. The Morgan fingerprint density at radius 2 is 2.00 bits per heavy atom. The van der Waals surface area contributed by atoms with Gasteiger partial charge in [0.1, 0.15) is 12.4 Å². The first-order valence-corrected chi connectivity index (χ1v) is 6.54. The zero-order chi connectivity index (χ0) is 12.1. The summed E-state index contributed by atoms with van der Waals surface area (Å²) in [4.78, 5) is 2.43. The van der Waals surface area contributed by atoms with E-state index in [9.17, 15) is 0 Å². The number of nitrogens with zero attached hydrogens (tertiary/aromatic N) is 1. The lowest BCUT2D eigenvalue weighted by Gasteiger charge is -2.26. The number of rotatable bonds is 4. The third kappa shape index (κ3) is 3.51. The van der Waals surface area contributed by atoms with Crippen molar-refractivity contribution in [2.45, 2.75) is 19.3 Å². The first-order chi connectivity index (χ1) is 8.27. The number of hydrogen-bond acceptors (Lipinski definition) is 3. The van der Waals surface area contributed by atoms with Crippen molar-refractivity contribution >= 4 is 17.3 Å². The molecular weight excluding hydrogens is 236 g/mol. The Morgan fingerprint density at radius 1 is 1.24 bits per heavy atom. The van der Waals surface area contributed by atoms with Crippen molar-refractivity contribution in [2.24, 2.45) is 0 Å². The highest BCUT2D eigenvalue weighted by molar-refractivity contribution is 6.33. The molecular formula is C13H19ClN2O.